The number of fused-ring (bicyclic) bond motifs is 1. The summed E-state index contributed by atoms with van der Waals surface area (Å²) >= 11 is 3.41. The highest BCUT2D eigenvalue weighted by Crippen LogP contribution is 2.24. The van der Waals surface area contributed by atoms with Crippen molar-refractivity contribution in [3.8, 4) is 17.5 Å². The zero-order valence-electron chi connectivity index (χ0n) is 13.1. The summed E-state index contributed by atoms with van der Waals surface area (Å²) in [7, 11) is 0. The molecule has 0 aliphatic heterocycles. The Balaban J connectivity index is 1.63. The summed E-state index contributed by atoms with van der Waals surface area (Å²) in [6, 6.07) is 9.62. The van der Waals surface area contributed by atoms with Crippen molar-refractivity contribution < 1.29 is 0 Å². The van der Waals surface area contributed by atoms with Gasteiger partial charge in [0.15, 0.2) is 0 Å². The number of nitrogens with one attached hydrogen (secondary N) is 3. The van der Waals surface area contributed by atoms with Crippen LogP contribution >= 0.6 is 15.9 Å². The molecule has 0 aliphatic carbocycles. The number of H-pyrrole nitrogens is 2. The maximum Gasteiger partial charge on any atom is 0.216 e. The molecule has 0 radical (unpaired) electrons. The maximum absolute atomic E-state index is 9.19. The average molecular weight is 408 g/mol. The zero-order valence-corrected chi connectivity index (χ0v) is 14.7. The Bertz CT molecular complexity index is 1140. The van der Waals surface area contributed by atoms with Crippen LogP contribution in [0.4, 0.5) is 5.69 Å². The number of tetrazole rings is 1. The van der Waals surface area contributed by atoms with Gasteiger partial charge in [0.2, 0.25) is 5.82 Å². The highest BCUT2D eigenvalue weighted by molar-refractivity contribution is 9.10. The molecule has 0 saturated heterocycles. The minimum atomic E-state index is 0.229. The average Bonchev–Trinajstić information content (AvgIpc) is 3.32. The van der Waals surface area contributed by atoms with Crippen molar-refractivity contribution in [1.82, 2.24) is 35.6 Å². The lowest BCUT2D eigenvalue weighted by atomic mass is 10.2. The van der Waals surface area contributed by atoms with Gasteiger partial charge in [-0.05, 0) is 45.4 Å². The Morgan fingerprint density at radius 1 is 1.27 bits per heavy atom. The molecular formula is C16H10BrN9. The van der Waals surface area contributed by atoms with Gasteiger partial charge in [-0.1, -0.05) is 0 Å². The summed E-state index contributed by atoms with van der Waals surface area (Å²) in [5, 5.41) is 25.6. The Morgan fingerprint density at radius 2 is 2.19 bits per heavy atom. The highest BCUT2D eigenvalue weighted by atomic mass is 79.9. The Labute approximate surface area is 155 Å². The van der Waals surface area contributed by atoms with E-state index in [0.29, 0.717) is 0 Å². The van der Waals surface area contributed by atoms with Gasteiger partial charge in [-0.3, -0.25) is 4.98 Å². The molecule has 10 heteroatoms. The molecule has 9 nitrogen and oxygen atoms in total. The number of halogens is 1. The fraction of sp³-hybridized carbons (Fsp3) is 0. The molecular weight excluding hydrogens is 398 g/mol. The topological polar surface area (TPSA) is 132 Å². The SMILES string of the molecule is N#CC(=CNc1ccc2nc(-c3cncc(Br)c3)[nH]c2c1)c1nn[nH]n1. The van der Waals surface area contributed by atoms with Crippen LogP contribution in [-0.4, -0.2) is 35.6 Å². The second-order valence-electron chi connectivity index (χ2n) is 5.26. The van der Waals surface area contributed by atoms with Crippen LogP contribution in [0.25, 0.3) is 28.0 Å². The fourth-order valence-corrected chi connectivity index (χ4v) is 2.72. The van der Waals surface area contributed by atoms with E-state index in [1.807, 2.05) is 30.3 Å². The van der Waals surface area contributed by atoms with Gasteiger partial charge < -0.3 is 10.3 Å². The van der Waals surface area contributed by atoms with Gasteiger partial charge in [0.1, 0.15) is 17.5 Å². The first-order valence-corrected chi connectivity index (χ1v) is 8.23. The monoisotopic (exact) mass is 407 g/mol. The number of hydrogen-bond acceptors (Lipinski definition) is 7. The molecule has 0 amide bonds. The summed E-state index contributed by atoms with van der Waals surface area (Å²) in [5.41, 5.74) is 3.62. The molecule has 4 aromatic rings. The van der Waals surface area contributed by atoms with Crippen LogP contribution < -0.4 is 5.32 Å². The summed E-state index contributed by atoms with van der Waals surface area (Å²) in [6.45, 7) is 0. The van der Waals surface area contributed by atoms with E-state index in [-0.39, 0.29) is 11.4 Å². The molecule has 126 valence electrons. The predicted molar refractivity (Wildman–Crippen MR) is 98.4 cm³/mol. The smallest absolute Gasteiger partial charge is 0.216 e. The molecule has 0 spiro atoms. The summed E-state index contributed by atoms with van der Waals surface area (Å²) < 4.78 is 0.883. The van der Waals surface area contributed by atoms with E-state index in [4.69, 9.17) is 0 Å². The number of rotatable bonds is 4. The van der Waals surface area contributed by atoms with Gasteiger partial charge >= 0.3 is 0 Å². The van der Waals surface area contributed by atoms with E-state index in [9.17, 15) is 5.26 Å². The maximum atomic E-state index is 9.19. The standard InChI is InChI=1S/C16H10BrN9/c17-11-3-9(6-19-8-11)15-21-13-2-1-12(4-14(13)22-15)20-7-10(5-18)16-23-25-26-24-16/h1-4,6-8,20H,(H,21,22)(H,23,24,25,26). The van der Waals surface area contributed by atoms with Crippen molar-refractivity contribution in [3.63, 3.8) is 0 Å². The van der Waals surface area contributed by atoms with E-state index in [0.717, 1.165) is 32.6 Å². The highest BCUT2D eigenvalue weighted by Gasteiger charge is 2.08. The van der Waals surface area contributed by atoms with Crippen LogP contribution in [-0.2, 0) is 0 Å². The number of hydrogen-bond donors (Lipinski definition) is 3. The third-order valence-corrected chi connectivity index (χ3v) is 3.98. The van der Waals surface area contributed by atoms with Gasteiger partial charge in [-0.2, -0.15) is 10.5 Å². The molecule has 3 aromatic heterocycles. The minimum absolute atomic E-state index is 0.229. The number of imidazole rings is 1. The van der Waals surface area contributed by atoms with E-state index in [1.165, 1.54) is 6.20 Å². The second-order valence-corrected chi connectivity index (χ2v) is 6.17. The molecule has 3 N–H and O–H groups in total. The number of aromatic nitrogens is 7. The largest absolute Gasteiger partial charge is 0.360 e. The van der Waals surface area contributed by atoms with E-state index in [1.54, 1.807) is 12.4 Å². The minimum Gasteiger partial charge on any atom is -0.360 e. The van der Waals surface area contributed by atoms with Crippen LogP contribution in [0.2, 0.25) is 0 Å². The number of allylic oxidation sites excluding steroid dienone is 1. The summed E-state index contributed by atoms with van der Waals surface area (Å²) in [6.07, 6.45) is 4.99. The molecule has 0 unspecified atom stereocenters. The number of nitriles is 1. The molecule has 0 atom stereocenters. The molecule has 0 aliphatic rings. The molecule has 3 heterocycles. The van der Waals surface area contributed by atoms with Gasteiger partial charge in [0.05, 0.1) is 11.0 Å². The molecule has 0 saturated carbocycles. The molecule has 0 bridgehead atoms. The molecule has 4 rings (SSSR count). The summed E-state index contributed by atoms with van der Waals surface area (Å²) in [4.78, 5) is 12.0. The van der Waals surface area contributed by atoms with Crippen molar-refractivity contribution in [1.29, 1.82) is 5.26 Å². The van der Waals surface area contributed by atoms with Crippen molar-refractivity contribution in [2.24, 2.45) is 0 Å². The molecule has 0 fully saturated rings. The second kappa shape index (κ2) is 6.73. The lowest BCUT2D eigenvalue weighted by Gasteiger charge is -2.00. The summed E-state index contributed by atoms with van der Waals surface area (Å²) in [5.74, 6) is 0.957. The van der Waals surface area contributed by atoms with E-state index in [2.05, 4.69) is 56.8 Å². The van der Waals surface area contributed by atoms with E-state index < -0.39 is 0 Å². The number of nitrogens with zero attached hydrogens (tertiary/aromatic N) is 6. The lowest BCUT2D eigenvalue weighted by Crippen LogP contribution is -1.92. The normalized spacial score (nSPS) is 11.5. The molecule has 1 aromatic carbocycles. The quantitative estimate of drug-likeness (QED) is 0.443. The predicted octanol–water partition coefficient (Wildman–Crippen LogP) is 2.88. The first kappa shape index (κ1) is 15.9. The third kappa shape index (κ3) is 3.15. The van der Waals surface area contributed by atoms with Crippen molar-refractivity contribution in [3.05, 3.63) is 53.2 Å². The third-order valence-electron chi connectivity index (χ3n) is 3.55. The number of aromatic amines is 2. The van der Waals surface area contributed by atoms with Crippen molar-refractivity contribution in [2.45, 2.75) is 0 Å². The number of anilines is 1. The fourth-order valence-electron chi connectivity index (χ4n) is 2.36. The van der Waals surface area contributed by atoms with Crippen LogP contribution in [0.3, 0.4) is 0 Å². The number of pyridine rings is 1. The Morgan fingerprint density at radius 3 is 2.96 bits per heavy atom. The van der Waals surface area contributed by atoms with Gasteiger partial charge in [0, 0.05) is 34.3 Å². The van der Waals surface area contributed by atoms with Crippen LogP contribution in [0.15, 0.2) is 47.3 Å². The van der Waals surface area contributed by atoms with Gasteiger partial charge in [0.25, 0.3) is 0 Å². The Kier molecular flexibility index (Phi) is 4.12. The first-order valence-electron chi connectivity index (χ1n) is 7.44. The zero-order chi connectivity index (χ0) is 17.9. The van der Waals surface area contributed by atoms with Crippen LogP contribution in [0, 0.1) is 11.3 Å². The van der Waals surface area contributed by atoms with Crippen molar-refractivity contribution >= 4 is 38.2 Å². The number of benzene rings is 1. The first-order chi connectivity index (χ1) is 12.7. The Hall–Kier alpha value is -3.58. The van der Waals surface area contributed by atoms with Gasteiger partial charge in [-0.25, -0.2) is 4.98 Å². The van der Waals surface area contributed by atoms with Crippen LogP contribution in [0.5, 0.6) is 0 Å². The van der Waals surface area contributed by atoms with Gasteiger partial charge in [-0.15, -0.1) is 10.2 Å². The van der Waals surface area contributed by atoms with Crippen LogP contribution in [0.1, 0.15) is 5.82 Å². The van der Waals surface area contributed by atoms with E-state index >= 15 is 0 Å². The van der Waals surface area contributed by atoms with Crippen molar-refractivity contribution in [2.75, 3.05) is 5.32 Å². The molecule has 26 heavy (non-hydrogen) atoms. The lowest BCUT2D eigenvalue weighted by molar-refractivity contribution is 0.881.